The van der Waals surface area contributed by atoms with Crippen LogP contribution in [0.2, 0.25) is 0 Å². The molecule has 25 heavy (non-hydrogen) atoms. The van der Waals surface area contributed by atoms with Gasteiger partial charge in [0.2, 0.25) is 0 Å². The van der Waals surface area contributed by atoms with Gasteiger partial charge in [0.25, 0.3) is 0 Å². The van der Waals surface area contributed by atoms with Crippen molar-refractivity contribution in [2.45, 2.75) is 58.5 Å². The number of hydrogen-bond acceptors (Lipinski definition) is 3. The predicted molar refractivity (Wildman–Crippen MR) is 98.1 cm³/mol. The van der Waals surface area contributed by atoms with Crippen molar-refractivity contribution in [2.24, 2.45) is 0 Å². The van der Waals surface area contributed by atoms with E-state index in [-0.39, 0.29) is 5.56 Å². The Hall–Kier alpha value is -2.30. The standard InChI is InChI=1S/C20H27NO4/c1-20(2,3)25-19(24)21(14-13-15-9-5-4-6-10-15)17-12-8-7-11-16(17)18(22)23/h7-9,11-12H,4-6,10,13-14H2,1-3H3,(H,22,23). The molecule has 1 aromatic rings. The van der Waals surface area contributed by atoms with E-state index in [0.29, 0.717) is 12.2 Å². The first-order valence-corrected chi connectivity index (χ1v) is 8.78. The summed E-state index contributed by atoms with van der Waals surface area (Å²) in [5.74, 6) is -1.05. The molecular weight excluding hydrogens is 318 g/mol. The van der Waals surface area contributed by atoms with E-state index in [4.69, 9.17) is 4.74 Å². The van der Waals surface area contributed by atoms with Crippen LogP contribution in [0.3, 0.4) is 0 Å². The highest BCUT2D eigenvalue weighted by Gasteiger charge is 2.26. The van der Waals surface area contributed by atoms with E-state index < -0.39 is 17.7 Å². The molecule has 136 valence electrons. The van der Waals surface area contributed by atoms with Crippen LogP contribution in [0.1, 0.15) is 63.2 Å². The maximum absolute atomic E-state index is 12.7. The van der Waals surface area contributed by atoms with Crippen LogP contribution in [0, 0.1) is 0 Å². The fourth-order valence-corrected chi connectivity index (χ4v) is 2.90. The first-order valence-electron chi connectivity index (χ1n) is 8.78. The monoisotopic (exact) mass is 345 g/mol. The second-order valence-electron chi connectivity index (χ2n) is 7.31. The molecular formula is C20H27NO4. The van der Waals surface area contributed by atoms with Crippen LogP contribution < -0.4 is 4.90 Å². The Balaban J connectivity index is 2.27. The molecule has 0 fully saturated rings. The Morgan fingerprint density at radius 2 is 1.92 bits per heavy atom. The van der Waals surface area contributed by atoms with Gasteiger partial charge < -0.3 is 9.84 Å². The predicted octanol–water partition coefficient (Wildman–Crippen LogP) is 5.02. The average molecular weight is 345 g/mol. The first kappa shape index (κ1) is 19.0. The van der Waals surface area contributed by atoms with Crippen LogP contribution in [0.25, 0.3) is 0 Å². The molecule has 0 aromatic heterocycles. The van der Waals surface area contributed by atoms with Gasteiger partial charge in [-0.05, 0) is 65.0 Å². The summed E-state index contributed by atoms with van der Waals surface area (Å²) < 4.78 is 5.50. The van der Waals surface area contributed by atoms with Gasteiger partial charge in [-0.1, -0.05) is 23.8 Å². The number of aromatic carboxylic acids is 1. The van der Waals surface area contributed by atoms with Gasteiger partial charge in [-0.3, -0.25) is 4.90 Å². The van der Waals surface area contributed by atoms with E-state index in [1.807, 2.05) is 0 Å². The van der Waals surface area contributed by atoms with Gasteiger partial charge >= 0.3 is 12.1 Å². The molecule has 0 radical (unpaired) electrons. The van der Waals surface area contributed by atoms with Crippen molar-refractivity contribution in [1.82, 2.24) is 0 Å². The SMILES string of the molecule is CC(C)(C)OC(=O)N(CCC1=CCCCC1)c1ccccc1C(=O)O. The average Bonchev–Trinajstić information content (AvgIpc) is 2.54. The number of anilines is 1. The Kier molecular flexibility index (Phi) is 6.23. The molecule has 0 bridgehead atoms. The minimum atomic E-state index is -1.05. The number of allylic oxidation sites excluding steroid dienone is 1. The summed E-state index contributed by atoms with van der Waals surface area (Å²) in [6, 6.07) is 6.56. The normalized spacial score (nSPS) is 14.6. The second kappa shape index (κ2) is 8.19. The number of nitrogens with zero attached hydrogens (tertiary/aromatic N) is 1. The summed E-state index contributed by atoms with van der Waals surface area (Å²) in [6.45, 7) is 5.81. The number of para-hydroxylation sites is 1. The third kappa shape index (κ3) is 5.62. The van der Waals surface area contributed by atoms with E-state index in [0.717, 1.165) is 19.3 Å². The highest BCUT2D eigenvalue weighted by molar-refractivity contribution is 6.00. The van der Waals surface area contributed by atoms with E-state index in [9.17, 15) is 14.7 Å². The molecule has 5 nitrogen and oxygen atoms in total. The summed E-state index contributed by atoms with van der Waals surface area (Å²) in [6.07, 6.45) is 6.95. The molecule has 0 saturated carbocycles. The number of carbonyl (C=O) groups is 2. The lowest BCUT2D eigenvalue weighted by Crippen LogP contribution is -2.38. The van der Waals surface area contributed by atoms with Crippen LogP contribution in [0.4, 0.5) is 10.5 Å². The summed E-state index contributed by atoms with van der Waals surface area (Å²) >= 11 is 0. The van der Waals surface area contributed by atoms with Crippen LogP contribution >= 0.6 is 0 Å². The first-order chi connectivity index (χ1) is 11.8. The molecule has 1 N–H and O–H groups in total. The number of carbonyl (C=O) groups excluding carboxylic acids is 1. The molecule has 5 heteroatoms. The maximum atomic E-state index is 12.7. The molecule has 1 aromatic carbocycles. The molecule has 1 aliphatic carbocycles. The number of ether oxygens (including phenoxy) is 1. The van der Waals surface area contributed by atoms with Gasteiger partial charge in [0.15, 0.2) is 0 Å². The van der Waals surface area contributed by atoms with Gasteiger partial charge in [-0.25, -0.2) is 9.59 Å². The minimum absolute atomic E-state index is 0.103. The van der Waals surface area contributed by atoms with Crippen LogP contribution in [0.15, 0.2) is 35.9 Å². The summed E-state index contributed by atoms with van der Waals surface area (Å²) in [7, 11) is 0. The van der Waals surface area contributed by atoms with Crippen LogP contribution in [-0.2, 0) is 4.74 Å². The van der Waals surface area contributed by atoms with E-state index in [1.165, 1.54) is 29.4 Å². The lowest BCUT2D eigenvalue weighted by atomic mass is 9.97. The van der Waals surface area contributed by atoms with Gasteiger partial charge in [0, 0.05) is 6.54 Å². The number of benzene rings is 1. The minimum Gasteiger partial charge on any atom is -0.478 e. The maximum Gasteiger partial charge on any atom is 0.414 e. The van der Waals surface area contributed by atoms with Crippen molar-refractivity contribution < 1.29 is 19.4 Å². The number of amides is 1. The molecule has 1 aliphatic rings. The molecule has 2 rings (SSSR count). The topological polar surface area (TPSA) is 66.8 Å². The largest absolute Gasteiger partial charge is 0.478 e. The second-order valence-corrected chi connectivity index (χ2v) is 7.31. The van der Waals surface area contributed by atoms with Gasteiger partial charge in [0.05, 0.1) is 11.3 Å². The lowest BCUT2D eigenvalue weighted by Gasteiger charge is -2.29. The summed E-state index contributed by atoms with van der Waals surface area (Å²) in [5, 5.41) is 9.46. The van der Waals surface area contributed by atoms with E-state index >= 15 is 0 Å². The molecule has 1 amide bonds. The Morgan fingerprint density at radius 1 is 1.20 bits per heavy atom. The number of carboxylic acids is 1. The van der Waals surface area contributed by atoms with Crippen molar-refractivity contribution in [3.05, 3.63) is 41.5 Å². The molecule has 0 unspecified atom stereocenters. The number of hydrogen-bond donors (Lipinski definition) is 1. The third-order valence-electron chi connectivity index (χ3n) is 4.08. The highest BCUT2D eigenvalue weighted by Crippen LogP contribution is 2.26. The van der Waals surface area contributed by atoms with Crippen molar-refractivity contribution in [3.63, 3.8) is 0 Å². The Labute approximate surface area is 149 Å². The van der Waals surface area contributed by atoms with Gasteiger partial charge in [-0.2, -0.15) is 0 Å². The van der Waals surface area contributed by atoms with E-state index in [2.05, 4.69) is 6.08 Å². The molecule has 0 aliphatic heterocycles. The van der Waals surface area contributed by atoms with Crippen molar-refractivity contribution in [3.8, 4) is 0 Å². The Bertz CT molecular complexity index is 658. The third-order valence-corrected chi connectivity index (χ3v) is 4.08. The van der Waals surface area contributed by atoms with E-state index in [1.54, 1.807) is 39.0 Å². The van der Waals surface area contributed by atoms with Crippen molar-refractivity contribution in [2.75, 3.05) is 11.4 Å². The van der Waals surface area contributed by atoms with Gasteiger partial charge in [0.1, 0.15) is 5.60 Å². The summed E-state index contributed by atoms with van der Waals surface area (Å²) in [4.78, 5) is 25.7. The van der Waals surface area contributed by atoms with Crippen molar-refractivity contribution >= 4 is 17.7 Å². The fraction of sp³-hybridized carbons (Fsp3) is 0.500. The van der Waals surface area contributed by atoms with Crippen molar-refractivity contribution in [1.29, 1.82) is 0 Å². The van der Waals surface area contributed by atoms with Crippen LogP contribution in [-0.4, -0.2) is 29.3 Å². The quantitative estimate of drug-likeness (QED) is 0.761. The zero-order valence-corrected chi connectivity index (χ0v) is 15.2. The van der Waals surface area contributed by atoms with Gasteiger partial charge in [-0.15, -0.1) is 0 Å². The smallest absolute Gasteiger partial charge is 0.414 e. The zero-order chi connectivity index (χ0) is 18.4. The lowest BCUT2D eigenvalue weighted by molar-refractivity contribution is 0.0580. The highest BCUT2D eigenvalue weighted by atomic mass is 16.6. The summed E-state index contributed by atoms with van der Waals surface area (Å²) in [5.41, 5.74) is 1.16. The number of carboxylic acid groups (broad SMARTS) is 1. The Morgan fingerprint density at radius 3 is 2.52 bits per heavy atom. The zero-order valence-electron chi connectivity index (χ0n) is 15.2. The molecule has 0 atom stereocenters. The molecule has 0 saturated heterocycles. The fourth-order valence-electron chi connectivity index (χ4n) is 2.90. The van der Waals surface area contributed by atoms with Crippen LogP contribution in [0.5, 0.6) is 0 Å². The molecule has 0 spiro atoms. The molecule has 0 heterocycles. The number of rotatable bonds is 5.